The molecule has 0 saturated heterocycles. The maximum atomic E-state index is 12.6. The number of nitro groups is 1. The van der Waals surface area contributed by atoms with E-state index in [2.05, 4.69) is 10.0 Å². The second-order valence-corrected chi connectivity index (χ2v) is 8.44. The molecule has 2 rings (SSSR count). The van der Waals surface area contributed by atoms with Gasteiger partial charge < -0.3 is 10.1 Å². The Bertz CT molecular complexity index is 1000. The summed E-state index contributed by atoms with van der Waals surface area (Å²) in [5.41, 5.74) is 0.452. The molecule has 0 saturated carbocycles. The molecule has 10 heteroatoms. The molecule has 0 radical (unpaired) electrons. The Kier molecular flexibility index (Phi) is 6.80. The van der Waals surface area contributed by atoms with Crippen LogP contribution in [0.25, 0.3) is 0 Å². The molecule has 0 aliphatic carbocycles. The first-order chi connectivity index (χ1) is 13.5. The Morgan fingerprint density at radius 3 is 2.28 bits per heavy atom. The average Bonchev–Trinajstić information content (AvgIpc) is 2.63. The quantitative estimate of drug-likeness (QED) is 0.498. The smallest absolute Gasteiger partial charge is 0.271 e. The van der Waals surface area contributed by atoms with E-state index in [9.17, 15) is 23.3 Å². The van der Waals surface area contributed by atoms with Crippen molar-refractivity contribution in [2.45, 2.75) is 44.7 Å². The van der Waals surface area contributed by atoms with Crippen LogP contribution < -0.4 is 14.8 Å². The van der Waals surface area contributed by atoms with Crippen LogP contribution in [0.4, 0.5) is 11.4 Å². The Balaban J connectivity index is 2.15. The van der Waals surface area contributed by atoms with Gasteiger partial charge in [-0.3, -0.25) is 19.6 Å². The van der Waals surface area contributed by atoms with E-state index in [0.29, 0.717) is 11.3 Å². The van der Waals surface area contributed by atoms with Crippen molar-refractivity contribution in [2.75, 3.05) is 4.72 Å². The highest BCUT2D eigenvalue weighted by Crippen LogP contribution is 2.25. The lowest BCUT2D eigenvalue weighted by atomic mass is 10.2. The SMILES string of the molecule is Cc1ccc([N+](=O)[O-])cc1NS(=O)(=O)c1ccc(O[C@H](C)C(=O)NC(C)C)cc1. The molecular formula is C19H23N3O6S. The summed E-state index contributed by atoms with van der Waals surface area (Å²) in [6.07, 6.45) is -0.745. The van der Waals surface area contributed by atoms with Gasteiger partial charge in [-0.05, 0) is 57.5 Å². The number of anilines is 1. The zero-order valence-corrected chi connectivity index (χ0v) is 17.3. The van der Waals surface area contributed by atoms with Crippen molar-refractivity contribution in [3.8, 4) is 5.75 Å². The number of ether oxygens (including phenoxy) is 1. The number of non-ortho nitro benzene ring substituents is 1. The largest absolute Gasteiger partial charge is 0.481 e. The van der Waals surface area contributed by atoms with Crippen LogP contribution in [-0.4, -0.2) is 31.4 Å². The van der Waals surface area contributed by atoms with Crippen molar-refractivity contribution >= 4 is 27.3 Å². The van der Waals surface area contributed by atoms with Gasteiger partial charge in [0, 0.05) is 18.2 Å². The minimum atomic E-state index is -3.96. The zero-order chi connectivity index (χ0) is 21.8. The third kappa shape index (κ3) is 5.92. The number of aryl methyl sites for hydroxylation is 1. The molecule has 156 valence electrons. The van der Waals surface area contributed by atoms with Crippen molar-refractivity contribution < 1.29 is 22.9 Å². The van der Waals surface area contributed by atoms with Crippen LogP contribution in [0.15, 0.2) is 47.4 Å². The van der Waals surface area contributed by atoms with E-state index in [1.807, 2.05) is 13.8 Å². The number of nitrogens with zero attached hydrogens (tertiary/aromatic N) is 1. The number of sulfonamides is 1. The molecule has 2 aromatic rings. The summed E-state index contributed by atoms with van der Waals surface area (Å²) < 4.78 is 33.1. The maximum Gasteiger partial charge on any atom is 0.271 e. The van der Waals surface area contributed by atoms with Gasteiger partial charge >= 0.3 is 0 Å². The summed E-state index contributed by atoms with van der Waals surface area (Å²) >= 11 is 0. The standard InChI is InChI=1S/C19H23N3O6S/c1-12(2)20-19(23)14(4)28-16-7-9-17(10-8-16)29(26,27)21-18-11-15(22(24)25)6-5-13(18)3/h5-12,14,21H,1-4H3,(H,20,23)/t14-/m1/s1. The molecule has 1 atom stereocenters. The Labute approximate surface area is 169 Å². The molecule has 0 spiro atoms. The average molecular weight is 421 g/mol. The van der Waals surface area contributed by atoms with Gasteiger partial charge in [0.1, 0.15) is 5.75 Å². The molecular weight excluding hydrogens is 398 g/mol. The molecule has 0 bridgehead atoms. The lowest BCUT2D eigenvalue weighted by molar-refractivity contribution is -0.384. The van der Waals surface area contributed by atoms with Crippen molar-refractivity contribution in [1.29, 1.82) is 0 Å². The second kappa shape index (κ2) is 8.91. The van der Waals surface area contributed by atoms with Crippen LogP contribution in [0.3, 0.4) is 0 Å². The van der Waals surface area contributed by atoms with E-state index in [0.717, 1.165) is 0 Å². The molecule has 0 aromatic heterocycles. The van der Waals surface area contributed by atoms with Crippen LogP contribution in [0.5, 0.6) is 5.75 Å². The predicted molar refractivity (Wildman–Crippen MR) is 108 cm³/mol. The highest BCUT2D eigenvalue weighted by molar-refractivity contribution is 7.92. The predicted octanol–water partition coefficient (Wildman–Crippen LogP) is 3.00. The molecule has 0 aliphatic rings. The van der Waals surface area contributed by atoms with Crippen LogP contribution in [0.2, 0.25) is 0 Å². The summed E-state index contributed by atoms with van der Waals surface area (Å²) in [7, 11) is -3.96. The van der Waals surface area contributed by atoms with Crippen LogP contribution in [0, 0.1) is 17.0 Å². The van der Waals surface area contributed by atoms with Crippen molar-refractivity contribution in [3.05, 3.63) is 58.1 Å². The number of nitro benzene ring substituents is 1. The first-order valence-electron chi connectivity index (χ1n) is 8.84. The van der Waals surface area contributed by atoms with Gasteiger partial charge in [-0.1, -0.05) is 6.07 Å². The van der Waals surface area contributed by atoms with Crippen molar-refractivity contribution in [1.82, 2.24) is 5.32 Å². The number of carbonyl (C=O) groups is 1. The first kappa shape index (κ1) is 22.2. The number of hydrogen-bond acceptors (Lipinski definition) is 6. The van der Waals surface area contributed by atoms with E-state index in [1.165, 1.54) is 42.5 Å². The van der Waals surface area contributed by atoms with Crippen LogP contribution in [-0.2, 0) is 14.8 Å². The number of rotatable bonds is 8. The summed E-state index contributed by atoms with van der Waals surface area (Å²) in [5, 5.41) is 13.6. The number of carbonyl (C=O) groups excluding carboxylic acids is 1. The van der Waals surface area contributed by atoms with Gasteiger partial charge in [-0.2, -0.15) is 0 Å². The molecule has 0 heterocycles. The van der Waals surface area contributed by atoms with Gasteiger partial charge in [0.05, 0.1) is 15.5 Å². The fourth-order valence-electron chi connectivity index (χ4n) is 2.39. The fourth-order valence-corrected chi connectivity index (χ4v) is 3.52. The maximum absolute atomic E-state index is 12.6. The number of nitrogens with one attached hydrogen (secondary N) is 2. The zero-order valence-electron chi connectivity index (χ0n) is 16.5. The summed E-state index contributed by atoms with van der Waals surface area (Å²) in [5.74, 6) is 0.0568. The van der Waals surface area contributed by atoms with Crippen molar-refractivity contribution in [3.63, 3.8) is 0 Å². The minimum Gasteiger partial charge on any atom is -0.481 e. The van der Waals surface area contributed by atoms with Gasteiger partial charge in [0.15, 0.2) is 6.10 Å². The van der Waals surface area contributed by atoms with Gasteiger partial charge in [-0.15, -0.1) is 0 Å². The number of amides is 1. The normalized spacial score (nSPS) is 12.3. The molecule has 0 unspecified atom stereocenters. The Morgan fingerprint density at radius 2 is 1.72 bits per heavy atom. The van der Waals surface area contributed by atoms with E-state index in [-0.39, 0.29) is 28.2 Å². The molecule has 9 nitrogen and oxygen atoms in total. The topological polar surface area (TPSA) is 128 Å². The van der Waals surface area contributed by atoms with Gasteiger partial charge in [0.2, 0.25) is 0 Å². The monoisotopic (exact) mass is 421 g/mol. The minimum absolute atomic E-state index is 0.0237. The van der Waals surface area contributed by atoms with Crippen LogP contribution >= 0.6 is 0 Å². The molecule has 2 N–H and O–H groups in total. The van der Waals surface area contributed by atoms with E-state index in [4.69, 9.17) is 4.74 Å². The lowest BCUT2D eigenvalue weighted by Crippen LogP contribution is -2.40. The highest BCUT2D eigenvalue weighted by atomic mass is 32.2. The molecule has 0 aliphatic heterocycles. The highest BCUT2D eigenvalue weighted by Gasteiger charge is 2.19. The fraction of sp³-hybridized carbons (Fsp3) is 0.316. The lowest BCUT2D eigenvalue weighted by Gasteiger charge is -2.16. The Morgan fingerprint density at radius 1 is 1.10 bits per heavy atom. The van der Waals surface area contributed by atoms with Gasteiger partial charge in [0.25, 0.3) is 21.6 Å². The van der Waals surface area contributed by atoms with Gasteiger partial charge in [-0.25, -0.2) is 8.42 Å². The third-order valence-electron chi connectivity index (χ3n) is 3.92. The molecule has 0 fully saturated rings. The van der Waals surface area contributed by atoms with Crippen molar-refractivity contribution in [2.24, 2.45) is 0 Å². The summed E-state index contributed by atoms with van der Waals surface area (Å²) in [6, 6.07) is 9.45. The Hall–Kier alpha value is -3.14. The summed E-state index contributed by atoms with van der Waals surface area (Å²) in [4.78, 5) is 22.2. The first-order valence-corrected chi connectivity index (χ1v) is 10.3. The number of benzene rings is 2. The van der Waals surface area contributed by atoms with E-state index in [1.54, 1.807) is 13.8 Å². The molecule has 29 heavy (non-hydrogen) atoms. The summed E-state index contributed by atoms with van der Waals surface area (Å²) in [6.45, 7) is 6.90. The van der Waals surface area contributed by atoms with E-state index < -0.39 is 21.1 Å². The molecule has 1 amide bonds. The molecule has 2 aromatic carbocycles. The van der Waals surface area contributed by atoms with Crippen LogP contribution in [0.1, 0.15) is 26.3 Å². The third-order valence-corrected chi connectivity index (χ3v) is 5.30. The second-order valence-electron chi connectivity index (χ2n) is 6.76. The number of hydrogen-bond donors (Lipinski definition) is 2. The van der Waals surface area contributed by atoms with E-state index >= 15 is 0 Å².